The van der Waals surface area contributed by atoms with E-state index in [1.165, 1.54) is 12.1 Å². The minimum absolute atomic E-state index is 0.132. The molecule has 2 heteroatoms. The lowest BCUT2D eigenvalue weighted by Gasteiger charge is -1.89. The molecule has 0 spiro atoms. The van der Waals surface area contributed by atoms with Gasteiger partial charge in [0.2, 0.25) is 0 Å². The molecule has 2 aromatic carbocycles. The average molecular weight is 250 g/mol. The maximum atomic E-state index is 12.3. The Bertz CT molecular complexity index is 365. The number of hydrogen-bond donors (Lipinski definition) is 0. The van der Waals surface area contributed by atoms with Crippen molar-refractivity contribution in [2.45, 2.75) is 27.7 Å². The van der Waals surface area contributed by atoms with Gasteiger partial charge >= 0.3 is 0 Å². The first kappa shape index (κ1) is 16.3. The monoisotopic (exact) mass is 250 g/mol. The molecule has 0 atom stereocenters. The molecule has 2 aromatic rings. The second kappa shape index (κ2) is 9.34. The molecular formula is C16H20F2. The van der Waals surface area contributed by atoms with Crippen molar-refractivity contribution in [1.82, 2.24) is 0 Å². The van der Waals surface area contributed by atoms with Gasteiger partial charge < -0.3 is 0 Å². The summed E-state index contributed by atoms with van der Waals surface area (Å²) in [7, 11) is 0. The van der Waals surface area contributed by atoms with Crippen molar-refractivity contribution in [3.05, 3.63) is 71.3 Å². The minimum atomic E-state index is -0.132. The van der Waals surface area contributed by atoms with E-state index in [2.05, 4.69) is 0 Å². The molecule has 0 radical (unpaired) electrons. The van der Waals surface area contributed by atoms with Crippen molar-refractivity contribution in [3.8, 4) is 0 Å². The van der Waals surface area contributed by atoms with Crippen LogP contribution in [0.4, 0.5) is 8.78 Å². The van der Waals surface area contributed by atoms with E-state index in [0.29, 0.717) is 11.1 Å². The molecule has 0 saturated heterocycles. The summed E-state index contributed by atoms with van der Waals surface area (Å²) in [6.07, 6.45) is 0. The summed E-state index contributed by atoms with van der Waals surface area (Å²) < 4.78 is 24.6. The van der Waals surface area contributed by atoms with E-state index >= 15 is 0 Å². The zero-order chi connectivity index (χ0) is 14.0. The minimum Gasteiger partial charge on any atom is -0.207 e. The summed E-state index contributed by atoms with van der Waals surface area (Å²) >= 11 is 0. The average Bonchev–Trinajstić information content (AvgIpc) is 2.40. The van der Waals surface area contributed by atoms with Gasteiger partial charge in [-0.25, -0.2) is 8.78 Å². The zero-order valence-electron chi connectivity index (χ0n) is 11.4. The van der Waals surface area contributed by atoms with Gasteiger partial charge in [-0.05, 0) is 37.1 Å². The van der Waals surface area contributed by atoms with Gasteiger partial charge in [-0.15, -0.1) is 0 Å². The predicted molar refractivity (Wildman–Crippen MR) is 73.6 cm³/mol. The molecule has 0 aliphatic carbocycles. The van der Waals surface area contributed by atoms with Crippen LogP contribution in [0, 0.1) is 25.5 Å². The molecule has 0 amide bonds. The van der Waals surface area contributed by atoms with Crippen LogP contribution in [-0.4, -0.2) is 0 Å². The standard InChI is InChI=1S/2C7H7F.C2H6/c2*1-6-4-2-3-5-7(6)8;1-2/h2*2-5H,1H3;1-2H3. The van der Waals surface area contributed by atoms with E-state index in [-0.39, 0.29) is 11.6 Å². The highest BCUT2D eigenvalue weighted by atomic mass is 19.1. The van der Waals surface area contributed by atoms with Crippen LogP contribution in [0.5, 0.6) is 0 Å². The van der Waals surface area contributed by atoms with Gasteiger partial charge in [0.05, 0.1) is 0 Å². The van der Waals surface area contributed by atoms with Crippen molar-refractivity contribution in [1.29, 1.82) is 0 Å². The largest absolute Gasteiger partial charge is 0.207 e. The lowest BCUT2D eigenvalue weighted by Crippen LogP contribution is -1.76. The summed E-state index contributed by atoms with van der Waals surface area (Å²) in [6.45, 7) is 7.49. The lowest BCUT2D eigenvalue weighted by molar-refractivity contribution is 0.618. The Morgan fingerprint density at radius 1 is 0.611 bits per heavy atom. The number of hydrogen-bond acceptors (Lipinski definition) is 0. The molecule has 98 valence electrons. The number of benzene rings is 2. The highest BCUT2D eigenvalue weighted by Gasteiger charge is 1.89. The van der Waals surface area contributed by atoms with Gasteiger partial charge in [-0.1, -0.05) is 50.2 Å². The normalized spacial score (nSPS) is 8.56. The van der Waals surface area contributed by atoms with Crippen LogP contribution in [-0.2, 0) is 0 Å². The Labute approximate surface area is 108 Å². The molecule has 2 rings (SSSR count). The Kier molecular flexibility index (Phi) is 8.46. The molecule has 0 aromatic heterocycles. The third kappa shape index (κ3) is 6.14. The van der Waals surface area contributed by atoms with Gasteiger partial charge in [-0.3, -0.25) is 0 Å². The van der Waals surface area contributed by atoms with Crippen LogP contribution < -0.4 is 0 Å². The summed E-state index contributed by atoms with van der Waals surface area (Å²) in [6, 6.07) is 13.4. The molecular weight excluding hydrogens is 230 g/mol. The number of aryl methyl sites for hydroxylation is 2. The number of halogens is 2. The summed E-state index contributed by atoms with van der Waals surface area (Å²) in [5.74, 6) is -0.264. The molecule has 0 bridgehead atoms. The van der Waals surface area contributed by atoms with Crippen molar-refractivity contribution < 1.29 is 8.78 Å². The maximum Gasteiger partial charge on any atom is 0.126 e. The van der Waals surface area contributed by atoms with Gasteiger partial charge in [0.1, 0.15) is 11.6 Å². The van der Waals surface area contributed by atoms with E-state index < -0.39 is 0 Å². The van der Waals surface area contributed by atoms with Gasteiger partial charge in [0.15, 0.2) is 0 Å². The highest BCUT2D eigenvalue weighted by Crippen LogP contribution is 2.02. The maximum absolute atomic E-state index is 12.3. The second-order valence-corrected chi connectivity index (χ2v) is 3.50. The molecule has 0 nitrogen and oxygen atoms in total. The van der Waals surface area contributed by atoms with E-state index in [1.807, 2.05) is 26.0 Å². The third-order valence-electron chi connectivity index (χ3n) is 2.15. The SMILES string of the molecule is CC.Cc1ccccc1F.Cc1ccccc1F. The second-order valence-electron chi connectivity index (χ2n) is 3.50. The van der Waals surface area contributed by atoms with Crippen molar-refractivity contribution in [3.63, 3.8) is 0 Å². The Balaban J connectivity index is 0.000000283. The molecule has 0 unspecified atom stereocenters. The Morgan fingerprint density at radius 2 is 0.889 bits per heavy atom. The molecule has 0 heterocycles. The smallest absolute Gasteiger partial charge is 0.126 e. The van der Waals surface area contributed by atoms with Crippen LogP contribution in [0.1, 0.15) is 25.0 Å². The van der Waals surface area contributed by atoms with E-state index in [4.69, 9.17) is 0 Å². The summed E-state index contributed by atoms with van der Waals surface area (Å²) in [5.41, 5.74) is 1.40. The first-order chi connectivity index (χ1) is 8.61. The molecule has 0 aliphatic heterocycles. The first-order valence-electron chi connectivity index (χ1n) is 6.03. The fourth-order valence-corrected chi connectivity index (χ4v) is 1.10. The highest BCUT2D eigenvalue weighted by molar-refractivity contribution is 5.15. The van der Waals surface area contributed by atoms with Crippen LogP contribution in [0.2, 0.25) is 0 Å². The van der Waals surface area contributed by atoms with Crippen LogP contribution in [0.15, 0.2) is 48.5 Å². The molecule has 0 N–H and O–H groups in total. The Hall–Kier alpha value is -1.70. The number of rotatable bonds is 0. The predicted octanol–water partition coefficient (Wildman–Crippen LogP) is 5.29. The van der Waals surface area contributed by atoms with Crippen LogP contribution in [0.25, 0.3) is 0 Å². The van der Waals surface area contributed by atoms with Gasteiger partial charge in [0.25, 0.3) is 0 Å². The van der Waals surface area contributed by atoms with Crippen LogP contribution >= 0.6 is 0 Å². The molecule has 18 heavy (non-hydrogen) atoms. The fraction of sp³-hybridized carbons (Fsp3) is 0.250. The van der Waals surface area contributed by atoms with Crippen molar-refractivity contribution in [2.75, 3.05) is 0 Å². The summed E-state index contributed by atoms with van der Waals surface area (Å²) in [5, 5.41) is 0. The van der Waals surface area contributed by atoms with Gasteiger partial charge in [0, 0.05) is 0 Å². The zero-order valence-corrected chi connectivity index (χ0v) is 11.4. The molecule has 0 saturated carbocycles. The topological polar surface area (TPSA) is 0 Å². The fourth-order valence-electron chi connectivity index (χ4n) is 1.10. The first-order valence-corrected chi connectivity index (χ1v) is 6.03. The van der Waals surface area contributed by atoms with Crippen LogP contribution in [0.3, 0.4) is 0 Å². The van der Waals surface area contributed by atoms with Crippen molar-refractivity contribution >= 4 is 0 Å². The van der Waals surface area contributed by atoms with E-state index in [9.17, 15) is 8.78 Å². The van der Waals surface area contributed by atoms with Crippen molar-refractivity contribution in [2.24, 2.45) is 0 Å². The summed E-state index contributed by atoms with van der Waals surface area (Å²) in [4.78, 5) is 0. The van der Waals surface area contributed by atoms with E-state index in [1.54, 1.807) is 38.1 Å². The van der Waals surface area contributed by atoms with Gasteiger partial charge in [-0.2, -0.15) is 0 Å². The lowest BCUT2D eigenvalue weighted by atomic mass is 10.2. The third-order valence-corrected chi connectivity index (χ3v) is 2.15. The van der Waals surface area contributed by atoms with E-state index in [0.717, 1.165) is 0 Å². The molecule has 0 aliphatic rings. The Morgan fingerprint density at radius 3 is 1.06 bits per heavy atom. The molecule has 0 fully saturated rings. The quantitative estimate of drug-likeness (QED) is 0.595.